The standard InChI is InChI=1S/C16H27N3OS2.HI/c1-16(2,3)22(20)13-11-19-15(17-4)18-10-12-21-14-8-6-5-7-9-14;/h5-9H,10-13H2,1-4H3,(H2,17,18,19);1H. The lowest BCUT2D eigenvalue weighted by Crippen LogP contribution is -2.41. The summed E-state index contributed by atoms with van der Waals surface area (Å²) in [6, 6.07) is 10.3. The van der Waals surface area contributed by atoms with Crippen LogP contribution in [0.15, 0.2) is 40.2 Å². The molecule has 0 amide bonds. The third-order valence-corrected chi connectivity index (χ3v) is 5.85. The second-order valence-corrected chi connectivity index (χ2v) is 9.24. The molecule has 1 atom stereocenters. The molecule has 0 saturated carbocycles. The second-order valence-electron chi connectivity index (χ2n) is 5.75. The normalized spacial score (nSPS) is 13.1. The highest BCUT2D eigenvalue weighted by Gasteiger charge is 2.18. The third kappa shape index (κ3) is 10.2. The lowest BCUT2D eigenvalue weighted by molar-refractivity contribution is 0.647. The number of aliphatic imine (C=N–C) groups is 1. The maximum Gasteiger partial charge on any atom is 0.191 e. The van der Waals surface area contributed by atoms with Gasteiger partial charge >= 0.3 is 0 Å². The van der Waals surface area contributed by atoms with Crippen LogP contribution in [0.3, 0.4) is 0 Å². The first-order chi connectivity index (χ1) is 10.4. The van der Waals surface area contributed by atoms with Crippen LogP contribution in [0.2, 0.25) is 0 Å². The molecule has 2 N–H and O–H groups in total. The van der Waals surface area contributed by atoms with E-state index in [0.29, 0.717) is 12.3 Å². The van der Waals surface area contributed by atoms with Crippen molar-refractivity contribution in [1.82, 2.24) is 10.6 Å². The Labute approximate surface area is 164 Å². The summed E-state index contributed by atoms with van der Waals surface area (Å²) in [5.74, 6) is 2.36. The van der Waals surface area contributed by atoms with Gasteiger partial charge in [0.1, 0.15) is 0 Å². The van der Waals surface area contributed by atoms with Crippen molar-refractivity contribution in [3.8, 4) is 0 Å². The fourth-order valence-electron chi connectivity index (χ4n) is 1.64. The fraction of sp³-hybridized carbons (Fsp3) is 0.562. The highest BCUT2D eigenvalue weighted by atomic mass is 127. The Hall–Kier alpha value is -0.280. The van der Waals surface area contributed by atoms with E-state index < -0.39 is 10.8 Å². The van der Waals surface area contributed by atoms with E-state index in [4.69, 9.17) is 0 Å². The first-order valence-electron chi connectivity index (χ1n) is 7.44. The summed E-state index contributed by atoms with van der Waals surface area (Å²) in [6.07, 6.45) is 0. The average Bonchev–Trinajstić information content (AvgIpc) is 2.49. The number of nitrogens with one attached hydrogen (secondary N) is 2. The van der Waals surface area contributed by atoms with Crippen LogP contribution in [0.4, 0.5) is 0 Å². The quantitative estimate of drug-likeness (QED) is 0.212. The minimum Gasteiger partial charge on any atom is -0.356 e. The molecule has 7 heteroatoms. The monoisotopic (exact) mass is 469 g/mol. The first-order valence-corrected chi connectivity index (χ1v) is 9.75. The van der Waals surface area contributed by atoms with Crippen molar-refractivity contribution in [2.24, 2.45) is 4.99 Å². The summed E-state index contributed by atoms with van der Waals surface area (Å²) in [5.41, 5.74) is 0. The van der Waals surface area contributed by atoms with Gasteiger partial charge in [-0.15, -0.1) is 35.7 Å². The van der Waals surface area contributed by atoms with Crippen molar-refractivity contribution < 1.29 is 4.21 Å². The van der Waals surface area contributed by atoms with E-state index in [9.17, 15) is 4.21 Å². The molecule has 1 aromatic rings. The predicted molar refractivity (Wildman–Crippen MR) is 115 cm³/mol. The topological polar surface area (TPSA) is 53.5 Å². The van der Waals surface area contributed by atoms with E-state index in [1.165, 1.54) is 4.90 Å². The molecule has 0 heterocycles. The van der Waals surface area contributed by atoms with E-state index in [0.717, 1.165) is 18.3 Å². The number of guanidine groups is 1. The maximum atomic E-state index is 12.0. The van der Waals surface area contributed by atoms with Crippen LogP contribution in [-0.2, 0) is 10.8 Å². The van der Waals surface area contributed by atoms with Crippen molar-refractivity contribution >= 4 is 52.5 Å². The number of halogens is 1. The molecule has 0 saturated heterocycles. The number of benzene rings is 1. The van der Waals surface area contributed by atoms with Gasteiger partial charge in [-0.05, 0) is 32.9 Å². The molecule has 0 spiro atoms. The highest BCUT2D eigenvalue weighted by Crippen LogP contribution is 2.15. The van der Waals surface area contributed by atoms with E-state index in [1.807, 2.05) is 50.7 Å². The summed E-state index contributed by atoms with van der Waals surface area (Å²) >= 11 is 1.81. The molecule has 0 bridgehead atoms. The van der Waals surface area contributed by atoms with Gasteiger partial charge in [-0.1, -0.05) is 18.2 Å². The van der Waals surface area contributed by atoms with Gasteiger partial charge in [0.25, 0.3) is 0 Å². The summed E-state index contributed by atoms with van der Waals surface area (Å²) in [4.78, 5) is 5.45. The number of hydrogen-bond acceptors (Lipinski definition) is 3. The zero-order valence-electron chi connectivity index (χ0n) is 14.3. The average molecular weight is 469 g/mol. The van der Waals surface area contributed by atoms with E-state index in [-0.39, 0.29) is 28.7 Å². The second kappa shape index (κ2) is 12.1. The Morgan fingerprint density at radius 3 is 2.35 bits per heavy atom. The largest absolute Gasteiger partial charge is 0.356 e. The fourth-order valence-corrected chi connectivity index (χ4v) is 3.33. The number of hydrogen-bond donors (Lipinski definition) is 2. The molecule has 0 aliphatic carbocycles. The van der Waals surface area contributed by atoms with Gasteiger partial charge in [0.05, 0.1) is 0 Å². The molecule has 0 radical (unpaired) electrons. The minimum atomic E-state index is -0.837. The summed E-state index contributed by atoms with van der Waals surface area (Å²) < 4.78 is 11.8. The molecular formula is C16H28IN3OS2. The van der Waals surface area contributed by atoms with Crippen LogP contribution in [0.1, 0.15) is 20.8 Å². The summed E-state index contributed by atoms with van der Waals surface area (Å²) in [5, 5.41) is 6.48. The number of thioether (sulfide) groups is 1. The molecule has 4 nitrogen and oxygen atoms in total. The molecule has 0 aliphatic heterocycles. The Morgan fingerprint density at radius 2 is 1.78 bits per heavy atom. The predicted octanol–water partition coefficient (Wildman–Crippen LogP) is 3.11. The van der Waals surface area contributed by atoms with Gasteiger partial charge in [-0.2, -0.15) is 0 Å². The highest BCUT2D eigenvalue weighted by molar-refractivity contribution is 14.0. The zero-order chi connectivity index (χ0) is 16.4. The molecule has 0 aliphatic rings. The third-order valence-electron chi connectivity index (χ3n) is 2.89. The molecule has 0 aromatic heterocycles. The summed E-state index contributed by atoms with van der Waals surface area (Å²) in [7, 11) is 0.913. The summed E-state index contributed by atoms with van der Waals surface area (Å²) in [6.45, 7) is 7.49. The zero-order valence-corrected chi connectivity index (χ0v) is 18.3. The van der Waals surface area contributed by atoms with Gasteiger partial charge in [0.2, 0.25) is 0 Å². The van der Waals surface area contributed by atoms with Gasteiger partial charge in [-0.3, -0.25) is 9.20 Å². The van der Waals surface area contributed by atoms with Gasteiger partial charge < -0.3 is 10.6 Å². The molecule has 23 heavy (non-hydrogen) atoms. The van der Waals surface area contributed by atoms with E-state index >= 15 is 0 Å². The number of nitrogens with zero attached hydrogens (tertiary/aromatic N) is 1. The van der Waals surface area contributed by atoms with Crippen LogP contribution in [0, 0.1) is 0 Å². The Balaban J connectivity index is 0.00000484. The van der Waals surface area contributed by atoms with Crippen LogP contribution in [0.25, 0.3) is 0 Å². The lowest BCUT2D eigenvalue weighted by atomic mass is 10.3. The Bertz CT molecular complexity index is 490. The van der Waals surface area contributed by atoms with E-state index in [2.05, 4.69) is 27.8 Å². The molecule has 1 unspecified atom stereocenters. The molecular weight excluding hydrogens is 441 g/mol. The van der Waals surface area contributed by atoms with Crippen molar-refractivity contribution in [1.29, 1.82) is 0 Å². The lowest BCUT2D eigenvalue weighted by Gasteiger charge is -2.18. The van der Waals surface area contributed by atoms with Gasteiger partial charge in [0.15, 0.2) is 5.96 Å². The Kier molecular flexibility index (Phi) is 12.0. The number of rotatable bonds is 7. The molecule has 1 aromatic carbocycles. The van der Waals surface area contributed by atoms with Crippen molar-refractivity contribution in [2.45, 2.75) is 30.4 Å². The van der Waals surface area contributed by atoms with E-state index in [1.54, 1.807) is 7.05 Å². The van der Waals surface area contributed by atoms with Crippen molar-refractivity contribution in [3.05, 3.63) is 30.3 Å². The van der Waals surface area contributed by atoms with Gasteiger partial charge in [0, 0.05) is 52.1 Å². The SMILES string of the molecule is CN=C(NCCSc1ccccc1)NCCS(=O)C(C)(C)C.I. The molecule has 132 valence electrons. The molecule has 1 rings (SSSR count). The van der Waals surface area contributed by atoms with Crippen molar-refractivity contribution in [2.75, 3.05) is 31.6 Å². The first kappa shape index (κ1) is 22.7. The smallest absolute Gasteiger partial charge is 0.191 e. The van der Waals surface area contributed by atoms with Crippen LogP contribution >= 0.6 is 35.7 Å². The molecule has 0 fully saturated rings. The minimum absolute atomic E-state index is 0. The van der Waals surface area contributed by atoms with Crippen molar-refractivity contribution in [3.63, 3.8) is 0 Å². The Morgan fingerprint density at radius 1 is 1.17 bits per heavy atom. The van der Waals surface area contributed by atoms with Gasteiger partial charge in [-0.25, -0.2) is 0 Å². The van der Waals surface area contributed by atoms with Crippen LogP contribution in [0.5, 0.6) is 0 Å². The van der Waals surface area contributed by atoms with Crippen LogP contribution in [-0.4, -0.2) is 46.6 Å². The maximum absolute atomic E-state index is 12.0. The van der Waals surface area contributed by atoms with Crippen LogP contribution < -0.4 is 10.6 Å².